The minimum Gasteiger partial charge on any atom is -0.369 e. The Balaban J connectivity index is 2.86. The molecule has 0 fully saturated rings. The second kappa shape index (κ2) is 3.57. The van der Waals surface area contributed by atoms with E-state index in [0.29, 0.717) is 0 Å². The topological polar surface area (TPSA) is 66.0 Å². The van der Waals surface area contributed by atoms with Crippen molar-refractivity contribution in [3.05, 3.63) is 0 Å². The number of halogens is 2. The van der Waals surface area contributed by atoms with Crippen LogP contribution in [0.3, 0.4) is 0 Å². The molecule has 0 aliphatic carbocycles. The molecular weight excluding hydrogens is 185 g/mol. The summed E-state index contributed by atoms with van der Waals surface area (Å²) in [5.74, 6) is 0.287. The Hall–Kier alpha value is -1.04. The highest BCUT2D eigenvalue weighted by molar-refractivity contribution is 6.19. The van der Waals surface area contributed by atoms with Gasteiger partial charge in [-0.25, -0.2) is 0 Å². The zero-order valence-corrected chi connectivity index (χ0v) is 7.22. The Bertz CT molecular complexity index is 228. The fourth-order valence-corrected chi connectivity index (χ4v) is 1.03. The average molecular weight is 194 g/mol. The molecule has 7 heteroatoms. The smallest absolute Gasteiger partial charge is 0.273 e. The first-order chi connectivity index (χ1) is 5.69. The molecular formula is C5H9ClFN5. The zero-order chi connectivity index (χ0) is 9.14. The van der Waals surface area contributed by atoms with Gasteiger partial charge in [-0.2, -0.15) is 9.38 Å². The molecule has 1 rings (SSSR count). The number of alkyl halides is 2. The summed E-state index contributed by atoms with van der Waals surface area (Å²) in [7, 11) is 1.51. The van der Waals surface area contributed by atoms with Gasteiger partial charge in [0.1, 0.15) is 6.00 Å². The minimum atomic E-state index is -1.55. The van der Waals surface area contributed by atoms with Crippen LogP contribution in [0.4, 0.5) is 4.39 Å². The van der Waals surface area contributed by atoms with Crippen molar-refractivity contribution in [2.24, 2.45) is 15.7 Å². The highest BCUT2D eigenvalue weighted by atomic mass is 35.5. The van der Waals surface area contributed by atoms with Crippen molar-refractivity contribution in [3.63, 3.8) is 0 Å². The molecule has 0 radical (unpaired) electrons. The first-order valence-corrected chi connectivity index (χ1v) is 3.76. The minimum absolute atomic E-state index is 0.00414. The maximum atomic E-state index is 13.0. The molecule has 1 atom stereocenters. The Morgan fingerprint density at radius 2 is 2.58 bits per heavy atom. The Kier molecular flexibility index (Phi) is 2.69. The number of nitrogens with one attached hydrogen (secondary N) is 1. The van der Waals surface area contributed by atoms with Crippen LogP contribution >= 0.6 is 11.6 Å². The molecule has 1 aliphatic rings. The molecule has 12 heavy (non-hydrogen) atoms. The number of nitrogens with two attached hydrogens (primary N) is 1. The Labute approximate surface area is 74.1 Å². The summed E-state index contributed by atoms with van der Waals surface area (Å²) in [5.41, 5.74) is 5.26. The lowest BCUT2D eigenvalue weighted by Gasteiger charge is -2.28. The maximum absolute atomic E-state index is 13.0. The van der Waals surface area contributed by atoms with Gasteiger partial charge in [-0.3, -0.25) is 15.2 Å². The lowest BCUT2D eigenvalue weighted by Crippen LogP contribution is -2.54. The molecule has 0 saturated heterocycles. The van der Waals surface area contributed by atoms with E-state index in [1.807, 2.05) is 0 Å². The Morgan fingerprint density at radius 3 is 3.08 bits per heavy atom. The van der Waals surface area contributed by atoms with Gasteiger partial charge in [0.25, 0.3) is 6.42 Å². The quantitative estimate of drug-likeness (QED) is 0.442. The van der Waals surface area contributed by atoms with Crippen molar-refractivity contribution in [1.29, 1.82) is 0 Å². The third-order valence-corrected chi connectivity index (χ3v) is 1.61. The summed E-state index contributed by atoms with van der Waals surface area (Å²) in [4.78, 5) is 8.29. The van der Waals surface area contributed by atoms with E-state index in [2.05, 4.69) is 15.3 Å². The number of hydrogen-bond acceptors (Lipinski definition) is 3. The predicted molar refractivity (Wildman–Crippen MR) is 45.6 cm³/mol. The summed E-state index contributed by atoms with van der Waals surface area (Å²) < 4.78 is 13.0. The fourth-order valence-electron chi connectivity index (χ4n) is 0.802. The van der Waals surface area contributed by atoms with Crippen LogP contribution in [0, 0.1) is 0 Å². The average Bonchev–Trinajstić information content (AvgIpc) is 2.03. The van der Waals surface area contributed by atoms with Crippen LogP contribution in [0.2, 0.25) is 0 Å². The van der Waals surface area contributed by atoms with Crippen molar-refractivity contribution < 1.29 is 4.39 Å². The lowest BCUT2D eigenvalue weighted by molar-refractivity contribution is 0.173. The number of nitrogens with zero attached hydrogens (tertiary/aromatic N) is 3. The lowest BCUT2D eigenvalue weighted by atomic mass is 10.6. The standard InChI is InChI=1S/C5H9ClFN5/c1-9-5-11-4(8)10-3(7)12(5)2-6/h3H,2H2,1H3,(H3,8,9,10,11). The van der Waals surface area contributed by atoms with Gasteiger partial charge in [0.15, 0.2) is 5.96 Å². The van der Waals surface area contributed by atoms with Crippen molar-refractivity contribution >= 4 is 23.5 Å². The molecule has 0 saturated carbocycles. The molecule has 1 heterocycles. The molecule has 0 aromatic carbocycles. The molecule has 68 valence electrons. The summed E-state index contributed by atoms with van der Waals surface area (Å²) in [5, 5.41) is 2.58. The first kappa shape index (κ1) is 9.05. The number of rotatable bonds is 1. The van der Waals surface area contributed by atoms with Gasteiger partial charge in [0.2, 0.25) is 5.96 Å². The summed E-state index contributed by atoms with van der Waals surface area (Å²) in [6, 6.07) is -0.0301. The van der Waals surface area contributed by atoms with Crippen LogP contribution in [0.15, 0.2) is 9.98 Å². The number of hydrogen-bond donors (Lipinski definition) is 2. The van der Waals surface area contributed by atoms with Crippen LogP contribution in [0.25, 0.3) is 0 Å². The van der Waals surface area contributed by atoms with E-state index >= 15 is 0 Å². The molecule has 0 spiro atoms. The van der Waals surface area contributed by atoms with Crippen molar-refractivity contribution in [2.45, 2.75) is 6.42 Å². The molecule has 3 N–H and O–H groups in total. The number of guanidine groups is 2. The van der Waals surface area contributed by atoms with E-state index in [1.165, 1.54) is 7.05 Å². The van der Waals surface area contributed by atoms with Gasteiger partial charge >= 0.3 is 0 Å². The number of aliphatic imine (C=N–C) groups is 2. The van der Waals surface area contributed by atoms with Crippen LogP contribution in [0.5, 0.6) is 0 Å². The van der Waals surface area contributed by atoms with Gasteiger partial charge < -0.3 is 5.73 Å². The van der Waals surface area contributed by atoms with Gasteiger partial charge in [0, 0.05) is 7.05 Å². The van der Waals surface area contributed by atoms with Gasteiger partial charge in [-0.1, -0.05) is 0 Å². The predicted octanol–water partition coefficient (Wildman–Crippen LogP) is -0.358. The fraction of sp³-hybridized carbons (Fsp3) is 0.600. The Morgan fingerprint density at radius 1 is 1.92 bits per heavy atom. The molecule has 0 amide bonds. The molecule has 0 aromatic rings. The third-order valence-electron chi connectivity index (χ3n) is 1.36. The van der Waals surface area contributed by atoms with E-state index in [0.717, 1.165) is 4.90 Å². The third kappa shape index (κ3) is 1.58. The normalized spacial score (nSPS) is 26.9. The van der Waals surface area contributed by atoms with E-state index in [4.69, 9.17) is 17.3 Å². The van der Waals surface area contributed by atoms with Gasteiger partial charge in [0.05, 0.1) is 0 Å². The molecule has 1 aliphatic heterocycles. The highest BCUT2D eigenvalue weighted by Gasteiger charge is 2.24. The van der Waals surface area contributed by atoms with Crippen molar-refractivity contribution in [3.8, 4) is 0 Å². The zero-order valence-electron chi connectivity index (χ0n) is 6.46. The monoisotopic (exact) mass is 193 g/mol. The molecule has 5 nitrogen and oxygen atoms in total. The van der Waals surface area contributed by atoms with Crippen molar-refractivity contribution in [1.82, 2.24) is 10.2 Å². The van der Waals surface area contributed by atoms with Crippen LogP contribution in [-0.4, -0.2) is 36.3 Å². The maximum Gasteiger partial charge on any atom is 0.273 e. The summed E-state index contributed by atoms with van der Waals surface area (Å²) >= 11 is 5.45. The van der Waals surface area contributed by atoms with E-state index in [9.17, 15) is 4.39 Å². The van der Waals surface area contributed by atoms with Crippen LogP contribution in [0.1, 0.15) is 0 Å². The van der Waals surface area contributed by atoms with Gasteiger partial charge in [-0.05, 0) is 0 Å². The summed E-state index contributed by atoms with van der Waals surface area (Å²) in [6.07, 6.45) is -1.55. The second-order valence-corrected chi connectivity index (χ2v) is 2.33. The van der Waals surface area contributed by atoms with Crippen LogP contribution < -0.4 is 11.1 Å². The highest BCUT2D eigenvalue weighted by Crippen LogP contribution is 2.08. The van der Waals surface area contributed by atoms with Crippen molar-refractivity contribution in [2.75, 3.05) is 13.1 Å². The SMILES string of the molecule is CN=C1NC(N)=NC(F)N1CCl. The molecule has 1 unspecified atom stereocenters. The van der Waals surface area contributed by atoms with E-state index in [1.54, 1.807) is 0 Å². The first-order valence-electron chi connectivity index (χ1n) is 3.22. The molecule has 0 aromatic heterocycles. The second-order valence-electron chi connectivity index (χ2n) is 2.09. The summed E-state index contributed by atoms with van der Waals surface area (Å²) in [6.45, 7) is 0. The largest absolute Gasteiger partial charge is 0.369 e. The van der Waals surface area contributed by atoms with E-state index in [-0.39, 0.29) is 17.9 Å². The van der Waals surface area contributed by atoms with E-state index < -0.39 is 6.42 Å². The van der Waals surface area contributed by atoms with Crippen LogP contribution in [-0.2, 0) is 0 Å². The molecule has 0 bridgehead atoms. The van der Waals surface area contributed by atoms with Gasteiger partial charge in [-0.15, -0.1) is 11.6 Å².